The van der Waals surface area contributed by atoms with E-state index in [0.29, 0.717) is 51.1 Å². The number of hydrogen-bond acceptors (Lipinski definition) is 5. The van der Waals surface area contributed by atoms with Gasteiger partial charge in [-0.05, 0) is 25.8 Å². The molecule has 5 heteroatoms. The molecule has 1 aromatic carbocycles. The van der Waals surface area contributed by atoms with E-state index in [4.69, 9.17) is 9.47 Å². The summed E-state index contributed by atoms with van der Waals surface area (Å²) in [4.78, 5) is 25.5. The van der Waals surface area contributed by atoms with Crippen molar-refractivity contribution < 1.29 is 19.1 Å². The number of rotatable bonds is 10. The third kappa shape index (κ3) is 5.64. The Morgan fingerprint density at radius 2 is 1.54 bits per heavy atom. The number of benzene rings is 1. The molecule has 0 radical (unpaired) electrons. The monoisotopic (exact) mass is 333 g/mol. The van der Waals surface area contributed by atoms with Crippen molar-refractivity contribution in [2.45, 2.75) is 45.1 Å². The van der Waals surface area contributed by atoms with Crippen LogP contribution in [-0.2, 0) is 19.1 Å². The van der Waals surface area contributed by atoms with Gasteiger partial charge in [0.2, 0.25) is 0 Å². The molecular formula is C19H27NO4. The minimum absolute atomic E-state index is 0.185. The van der Waals surface area contributed by atoms with Crippen LogP contribution in [0.1, 0.15) is 44.6 Å². The van der Waals surface area contributed by atoms with Crippen LogP contribution >= 0.6 is 0 Å². The Morgan fingerprint density at radius 1 is 1.00 bits per heavy atom. The molecule has 0 heterocycles. The van der Waals surface area contributed by atoms with Crippen molar-refractivity contribution in [3.05, 3.63) is 35.9 Å². The normalized spacial score (nSPS) is 19.1. The zero-order valence-electron chi connectivity index (χ0n) is 14.6. The fourth-order valence-electron chi connectivity index (χ4n) is 3.02. The summed E-state index contributed by atoms with van der Waals surface area (Å²) in [7, 11) is 0. The lowest BCUT2D eigenvalue weighted by atomic mass is 10.1. The maximum Gasteiger partial charge on any atom is 0.307 e. The second kappa shape index (κ2) is 9.42. The van der Waals surface area contributed by atoms with Gasteiger partial charge in [0.25, 0.3) is 0 Å². The van der Waals surface area contributed by atoms with Crippen molar-refractivity contribution in [2.75, 3.05) is 26.3 Å². The molecule has 24 heavy (non-hydrogen) atoms. The molecular weight excluding hydrogens is 306 g/mol. The summed E-state index contributed by atoms with van der Waals surface area (Å²) in [5.74, 6) is 0.113. The highest BCUT2D eigenvalue weighted by Crippen LogP contribution is 2.44. The standard InChI is InChI=1S/C19H27NO4/c1-3-23-18(21)10-12-20(13-11-19(22)24-4-2)17-14-16(17)15-8-6-5-7-9-15/h5-9,16-17H,3-4,10-14H2,1-2H3. The molecule has 2 unspecified atom stereocenters. The van der Waals surface area contributed by atoms with Crippen LogP contribution < -0.4 is 0 Å². The van der Waals surface area contributed by atoms with Gasteiger partial charge >= 0.3 is 11.9 Å². The molecule has 0 aliphatic heterocycles. The van der Waals surface area contributed by atoms with Crippen LogP contribution in [0.15, 0.2) is 30.3 Å². The van der Waals surface area contributed by atoms with Crippen LogP contribution in [0.2, 0.25) is 0 Å². The SMILES string of the molecule is CCOC(=O)CCN(CCC(=O)OCC)C1CC1c1ccccc1. The summed E-state index contributed by atoms with van der Waals surface area (Å²) < 4.78 is 10.0. The highest BCUT2D eigenvalue weighted by molar-refractivity contribution is 5.70. The predicted molar refractivity (Wildman–Crippen MR) is 91.7 cm³/mol. The van der Waals surface area contributed by atoms with Gasteiger partial charge in [-0.3, -0.25) is 14.5 Å². The summed E-state index contributed by atoms with van der Waals surface area (Å²) in [6, 6.07) is 10.8. The fraction of sp³-hybridized carbons (Fsp3) is 0.579. The number of hydrogen-bond donors (Lipinski definition) is 0. The maximum absolute atomic E-state index is 11.6. The van der Waals surface area contributed by atoms with E-state index in [9.17, 15) is 9.59 Å². The Kier molecular flexibility index (Phi) is 7.25. The molecule has 0 amide bonds. The highest BCUT2D eigenvalue weighted by atomic mass is 16.5. The first-order chi connectivity index (χ1) is 11.7. The highest BCUT2D eigenvalue weighted by Gasteiger charge is 2.42. The largest absolute Gasteiger partial charge is 0.466 e. The molecule has 1 aliphatic carbocycles. The molecule has 1 fully saturated rings. The molecule has 2 rings (SSSR count). The average Bonchev–Trinajstić information content (AvgIpc) is 3.37. The van der Waals surface area contributed by atoms with E-state index in [-0.39, 0.29) is 11.9 Å². The summed E-state index contributed by atoms with van der Waals surface area (Å²) in [5, 5.41) is 0. The number of carbonyl (C=O) groups excluding carboxylic acids is 2. The zero-order chi connectivity index (χ0) is 17.4. The Labute approximate surface area is 143 Å². The molecule has 0 aromatic heterocycles. The van der Waals surface area contributed by atoms with Gasteiger partial charge in [-0.1, -0.05) is 30.3 Å². The van der Waals surface area contributed by atoms with Crippen LogP contribution in [0, 0.1) is 0 Å². The topological polar surface area (TPSA) is 55.8 Å². The predicted octanol–water partition coefficient (Wildman–Crippen LogP) is 2.75. The van der Waals surface area contributed by atoms with Crippen LogP contribution in [-0.4, -0.2) is 49.2 Å². The first-order valence-electron chi connectivity index (χ1n) is 8.76. The second-order valence-electron chi connectivity index (χ2n) is 5.97. The van der Waals surface area contributed by atoms with Crippen molar-refractivity contribution >= 4 is 11.9 Å². The van der Waals surface area contributed by atoms with E-state index in [0.717, 1.165) is 6.42 Å². The van der Waals surface area contributed by atoms with Crippen molar-refractivity contribution in [2.24, 2.45) is 0 Å². The molecule has 1 aliphatic rings. The first kappa shape index (κ1) is 18.5. The molecule has 0 saturated heterocycles. The third-order valence-electron chi connectivity index (χ3n) is 4.27. The summed E-state index contributed by atoms with van der Waals surface area (Å²) in [5.41, 5.74) is 1.32. The van der Waals surface area contributed by atoms with Gasteiger partial charge in [0.1, 0.15) is 0 Å². The minimum atomic E-state index is -0.185. The van der Waals surface area contributed by atoms with Gasteiger partial charge in [0.05, 0.1) is 26.1 Å². The molecule has 1 saturated carbocycles. The second-order valence-corrected chi connectivity index (χ2v) is 5.97. The maximum atomic E-state index is 11.6. The van der Waals surface area contributed by atoms with Crippen LogP contribution in [0.4, 0.5) is 0 Å². The van der Waals surface area contributed by atoms with E-state index < -0.39 is 0 Å². The van der Waals surface area contributed by atoms with Crippen LogP contribution in [0.3, 0.4) is 0 Å². The molecule has 0 bridgehead atoms. The summed E-state index contributed by atoms with van der Waals surface area (Å²) in [6.07, 6.45) is 1.78. The lowest BCUT2D eigenvalue weighted by molar-refractivity contribution is -0.143. The number of nitrogens with zero attached hydrogens (tertiary/aromatic N) is 1. The van der Waals surface area contributed by atoms with E-state index in [1.807, 2.05) is 32.0 Å². The molecule has 0 N–H and O–H groups in total. The van der Waals surface area contributed by atoms with Gasteiger partial charge in [-0.15, -0.1) is 0 Å². The van der Waals surface area contributed by atoms with Crippen molar-refractivity contribution in [1.29, 1.82) is 0 Å². The Balaban J connectivity index is 1.90. The number of esters is 2. The quantitative estimate of drug-likeness (QED) is 0.616. The van der Waals surface area contributed by atoms with Crippen LogP contribution in [0.5, 0.6) is 0 Å². The van der Waals surface area contributed by atoms with E-state index in [2.05, 4.69) is 17.0 Å². The molecule has 132 valence electrons. The number of ether oxygens (including phenoxy) is 2. The van der Waals surface area contributed by atoms with Gasteiger partial charge in [-0.25, -0.2) is 0 Å². The van der Waals surface area contributed by atoms with Gasteiger partial charge in [-0.2, -0.15) is 0 Å². The lowest BCUT2D eigenvalue weighted by Gasteiger charge is -2.22. The average molecular weight is 333 g/mol. The van der Waals surface area contributed by atoms with Crippen molar-refractivity contribution in [1.82, 2.24) is 4.90 Å². The lowest BCUT2D eigenvalue weighted by Crippen LogP contribution is -2.32. The van der Waals surface area contributed by atoms with Crippen LogP contribution in [0.25, 0.3) is 0 Å². The van der Waals surface area contributed by atoms with E-state index >= 15 is 0 Å². The van der Waals surface area contributed by atoms with Crippen molar-refractivity contribution in [3.63, 3.8) is 0 Å². The van der Waals surface area contributed by atoms with E-state index in [1.165, 1.54) is 5.56 Å². The van der Waals surface area contributed by atoms with Gasteiger partial charge < -0.3 is 9.47 Å². The Morgan fingerprint density at radius 3 is 2.04 bits per heavy atom. The number of carbonyl (C=O) groups is 2. The Bertz CT molecular complexity index is 509. The first-order valence-corrected chi connectivity index (χ1v) is 8.76. The zero-order valence-corrected chi connectivity index (χ0v) is 14.6. The third-order valence-corrected chi connectivity index (χ3v) is 4.27. The van der Waals surface area contributed by atoms with Crippen molar-refractivity contribution in [3.8, 4) is 0 Å². The van der Waals surface area contributed by atoms with Gasteiger partial charge in [0.15, 0.2) is 0 Å². The molecule has 1 aromatic rings. The molecule has 0 spiro atoms. The molecule has 5 nitrogen and oxygen atoms in total. The molecule has 2 atom stereocenters. The van der Waals surface area contributed by atoms with E-state index in [1.54, 1.807) is 0 Å². The fourth-order valence-corrected chi connectivity index (χ4v) is 3.02. The van der Waals surface area contributed by atoms with Gasteiger partial charge in [0, 0.05) is 25.0 Å². The summed E-state index contributed by atoms with van der Waals surface area (Å²) >= 11 is 0. The summed E-state index contributed by atoms with van der Waals surface area (Å²) in [6.45, 7) is 5.65. The smallest absolute Gasteiger partial charge is 0.307 e. The minimum Gasteiger partial charge on any atom is -0.466 e. The Hall–Kier alpha value is -1.88.